The fourth-order valence-electron chi connectivity index (χ4n) is 4.34. The summed E-state index contributed by atoms with van der Waals surface area (Å²) < 4.78 is 1.52. The highest BCUT2D eigenvalue weighted by Crippen LogP contribution is 2.44. The number of allylic oxidation sites excluding steroid dienone is 2. The standard InChI is InChI=1S/C24H21Cl2N5/c25-17-9-5-15(6-10-17)13-29-31-14-28-24-22(23(31)27)21(16-7-11-18(26)12-8-16)19-3-1-2-4-20(19)30-24/h5-14,21,27,30H,1-4H2/b27-23?,29-13+. The van der Waals surface area contributed by atoms with Gasteiger partial charge in [0.25, 0.3) is 0 Å². The summed E-state index contributed by atoms with van der Waals surface area (Å²) in [6.45, 7) is 0. The van der Waals surface area contributed by atoms with Crippen LogP contribution in [-0.2, 0) is 0 Å². The van der Waals surface area contributed by atoms with Crippen molar-refractivity contribution in [2.24, 2.45) is 5.10 Å². The van der Waals surface area contributed by atoms with Crippen LogP contribution in [0.2, 0.25) is 10.0 Å². The quantitative estimate of drug-likeness (QED) is 0.486. The highest BCUT2D eigenvalue weighted by atomic mass is 35.5. The van der Waals surface area contributed by atoms with E-state index in [9.17, 15) is 0 Å². The molecule has 1 atom stereocenters. The zero-order chi connectivity index (χ0) is 21.4. The molecule has 0 radical (unpaired) electrons. The van der Waals surface area contributed by atoms with Crippen LogP contribution in [0.25, 0.3) is 0 Å². The van der Waals surface area contributed by atoms with Crippen LogP contribution in [-0.4, -0.2) is 15.9 Å². The van der Waals surface area contributed by atoms with E-state index in [0.29, 0.717) is 15.5 Å². The number of halogens is 2. The summed E-state index contributed by atoms with van der Waals surface area (Å²) in [5.41, 5.74) is 5.78. The Bertz CT molecular complexity index is 1240. The SMILES string of the molecule is N=c1c2c(ncn1/N=C/c1ccc(Cl)cc1)NC1=C(CCCC1)C2c1ccc(Cl)cc1. The van der Waals surface area contributed by atoms with Crippen molar-refractivity contribution in [2.75, 3.05) is 5.32 Å². The molecule has 2 heterocycles. The molecule has 0 spiro atoms. The molecule has 0 bridgehead atoms. The number of rotatable bonds is 3. The topological polar surface area (TPSA) is 66.1 Å². The Hall–Kier alpha value is -2.89. The van der Waals surface area contributed by atoms with E-state index in [1.54, 1.807) is 12.5 Å². The largest absolute Gasteiger partial charge is 0.343 e. The molecular weight excluding hydrogens is 429 g/mol. The molecule has 0 fully saturated rings. The van der Waals surface area contributed by atoms with Gasteiger partial charge in [0.05, 0.1) is 11.8 Å². The Morgan fingerprint density at radius 2 is 1.68 bits per heavy atom. The van der Waals surface area contributed by atoms with Crippen LogP contribution in [0.15, 0.2) is 71.2 Å². The van der Waals surface area contributed by atoms with Gasteiger partial charge in [-0.2, -0.15) is 5.10 Å². The van der Waals surface area contributed by atoms with Gasteiger partial charge in [0.1, 0.15) is 12.1 Å². The van der Waals surface area contributed by atoms with Gasteiger partial charge in [-0.05, 0) is 66.6 Å². The molecule has 31 heavy (non-hydrogen) atoms. The Kier molecular flexibility index (Phi) is 5.38. The first-order chi connectivity index (χ1) is 15.1. The first-order valence-electron chi connectivity index (χ1n) is 10.3. The first-order valence-corrected chi connectivity index (χ1v) is 11.1. The van der Waals surface area contributed by atoms with E-state index in [4.69, 9.17) is 28.6 Å². The third-order valence-electron chi connectivity index (χ3n) is 5.86. The normalized spacial score (nSPS) is 17.9. The lowest BCUT2D eigenvalue weighted by atomic mass is 9.77. The number of nitrogens with zero attached hydrogens (tertiary/aromatic N) is 3. The highest BCUT2D eigenvalue weighted by Gasteiger charge is 2.33. The summed E-state index contributed by atoms with van der Waals surface area (Å²) in [7, 11) is 0. The monoisotopic (exact) mass is 449 g/mol. The molecular formula is C24H21Cl2N5. The molecule has 2 aromatic carbocycles. The molecule has 1 aromatic heterocycles. The van der Waals surface area contributed by atoms with E-state index in [2.05, 4.69) is 27.5 Å². The minimum absolute atomic E-state index is 0.0259. The first kappa shape index (κ1) is 20.0. The third kappa shape index (κ3) is 3.91. The van der Waals surface area contributed by atoms with Crippen molar-refractivity contribution in [3.63, 3.8) is 0 Å². The van der Waals surface area contributed by atoms with Gasteiger partial charge in [-0.25, -0.2) is 9.66 Å². The van der Waals surface area contributed by atoms with Crippen molar-refractivity contribution < 1.29 is 0 Å². The van der Waals surface area contributed by atoms with Gasteiger partial charge >= 0.3 is 0 Å². The molecule has 1 aliphatic carbocycles. The average molecular weight is 450 g/mol. The fourth-order valence-corrected chi connectivity index (χ4v) is 4.60. The molecule has 5 rings (SSSR count). The lowest BCUT2D eigenvalue weighted by molar-refractivity contribution is 0.621. The second-order valence-corrected chi connectivity index (χ2v) is 8.69. The van der Waals surface area contributed by atoms with E-state index in [-0.39, 0.29) is 5.92 Å². The van der Waals surface area contributed by atoms with Gasteiger partial charge in [0, 0.05) is 21.7 Å². The Morgan fingerprint density at radius 3 is 2.42 bits per heavy atom. The van der Waals surface area contributed by atoms with E-state index in [0.717, 1.165) is 41.8 Å². The Balaban J connectivity index is 1.61. The van der Waals surface area contributed by atoms with Crippen molar-refractivity contribution in [2.45, 2.75) is 31.6 Å². The lowest BCUT2D eigenvalue weighted by Gasteiger charge is -2.34. The van der Waals surface area contributed by atoms with Crippen molar-refractivity contribution in [3.8, 4) is 0 Å². The zero-order valence-electron chi connectivity index (χ0n) is 16.8. The van der Waals surface area contributed by atoms with Crippen LogP contribution < -0.4 is 10.8 Å². The summed E-state index contributed by atoms with van der Waals surface area (Å²) in [6, 6.07) is 15.3. The molecule has 3 aromatic rings. The Morgan fingerprint density at radius 1 is 1.00 bits per heavy atom. The molecule has 2 aliphatic rings. The maximum absolute atomic E-state index is 8.95. The van der Waals surface area contributed by atoms with Crippen LogP contribution in [0, 0.1) is 5.41 Å². The van der Waals surface area contributed by atoms with Gasteiger partial charge in [-0.1, -0.05) is 47.5 Å². The maximum Gasteiger partial charge on any atom is 0.155 e. The zero-order valence-corrected chi connectivity index (χ0v) is 18.3. The number of nitrogens with one attached hydrogen (secondary N) is 2. The van der Waals surface area contributed by atoms with Gasteiger partial charge in [-0.3, -0.25) is 5.41 Å². The van der Waals surface area contributed by atoms with Crippen LogP contribution >= 0.6 is 23.2 Å². The molecule has 1 aliphatic heterocycles. The van der Waals surface area contributed by atoms with Crippen LogP contribution in [0.1, 0.15) is 48.3 Å². The van der Waals surface area contributed by atoms with Gasteiger partial charge in [0.2, 0.25) is 0 Å². The number of anilines is 1. The number of benzene rings is 2. The van der Waals surface area contributed by atoms with Crippen molar-refractivity contribution in [1.29, 1.82) is 5.41 Å². The van der Waals surface area contributed by atoms with E-state index in [1.807, 2.05) is 36.4 Å². The number of aromatic nitrogens is 2. The molecule has 156 valence electrons. The second-order valence-electron chi connectivity index (χ2n) is 7.82. The van der Waals surface area contributed by atoms with E-state index < -0.39 is 0 Å². The summed E-state index contributed by atoms with van der Waals surface area (Å²) in [5, 5.41) is 18.3. The van der Waals surface area contributed by atoms with E-state index >= 15 is 0 Å². The van der Waals surface area contributed by atoms with Crippen molar-refractivity contribution in [3.05, 3.63) is 98.4 Å². The van der Waals surface area contributed by atoms with Crippen LogP contribution in [0.4, 0.5) is 5.82 Å². The van der Waals surface area contributed by atoms with Crippen LogP contribution in [0.3, 0.4) is 0 Å². The lowest BCUT2D eigenvalue weighted by Crippen LogP contribution is -2.32. The molecule has 0 amide bonds. The van der Waals surface area contributed by atoms with Gasteiger partial charge in [-0.15, -0.1) is 0 Å². The van der Waals surface area contributed by atoms with E-state index in [1.165, 1.54) is 22.4 Å². The highest BCUT2D eigenvalue weighted by molar-refractivity contribution is 6.30. The predicted octanol–water partition coefficient (Wildman–Crippen LogP) is 5.94. The predicted molar refractivity (Wildman–Crippen MR) is 125 cm³/mol. The summed E-state index contributed by atoms with van der Waals surface area (Å²) in [4.78, 5) is 4.63. The summed E-state index contributed by atoms with van der Waals surface area (Å²) in [5.74, 6) is 0.713. The number of fused-ring (bicyclic) bond motifs is 1. The second kappa shape index (κ2) is 8.33. The van der Waals surface area contributed by atoms with Gasteiger partial charge < -0.3 is 5.32 Å². The minimum atomic E-state index is -0.0259. The molecule has 1 unspecified atom stereocenters. The van der Waals surface area contributed by atoms with Crippen LogP contribution in [0.5, 0.6) is 0 Å². The smallest absolute Gasteiger partial charge is 0.155 e. The molecule has 0 saturated heterocycles. The molecule has 7 heteroatoms. The summed E-state index contributed by atoms with van der Waals surface area (Å²) in [6.07, 6.45) is 7.65. The molecule has 0 saturated carbocycles. The fraction of sp³-hybridized carbons (Fsp3) is 0.208. The van der Waals surface area contributed by atoms with Crippen molar-refractivity contribution >= 4 is 35.2 Å². The number of hydrogen-bond acceptors (Lipinski definition) is 4. The molecule has 2 N–H and O–H groups in total. The summed E-state index contributed by atoms with van der Waals surface area (Å²) >= 11 is 12.1. The minimum Gasteiger partial charge on any atom is -0.343 e. The van der Waals surface area contributed by atoms with Crippen molar-refractivity contribution in [1.82, 2.24) is 9.66 Å². The molecule has 5 nitrogen and oxygen atoms in total. The third-order valence-corrected chi connectivity index (χ3v) is 6.36. The maximum atomic E-state index is 8.95. The number of hydrogen-bond donors (Lipinski definition) is 2. The Labute approximate surface area is 190 Å². The van der Waals surface area contributed by atoms with Gasteiger partial charge in [0.15, 0.2) is 5.49 Å². The average Bonchev–Trinajstić information content (AvgIpc) is 2.79.